The molecule has 29 heavy (non-hydrogen) atoms. The number of carbonyl (C=O) groups is 2. The van der Waals surface area contributed by atoms with Crippen LogP contribution in [-0.4, -0.2) is 23.3 Å². The molecule has 3 aromatic carbocycles. The van der Waals surface area contributed by atoms with Crippen molar-refractivity contribution in [2.24, 2.45) is 0 Å². The van der Waals surface area contributed by atoms with E-state index in [4.69, 9.17) is 4.42 Å². The van der Waals surface area contributed by atoms with E-state index >= 15 is 0 Å². The average Bonchev–Trinajstić information content (AvgIpc) is 3.13. The van der Waals surface area contributed by atoms with Gasteiger partial charge in [0, 0.05) is 34.0 Å². The standard InChI is InChI=1S/C25H21NO3/c1-4-10-26-24(27)19-7-5-6-18-17(8-9-20(22(18)19)25(26)28)21-13-16-12-14(2)11-15(3)23(16)29-21/h5-9,11-13H,4,10H2,1-3H3. The van der Waals surface area contributed by atoms with Gasteiger partial charge in [-0.1, -0.05) is 30.7 Å². The number of hydrogen-bond acceptors (Lipinski definition) is 3. The first-order chi connectivity index (χ1) is 14.0. The molecule has 0 N–H and O–H groups in total. The highest BCUT2D eigenvalue weighted by molar-refractivity contribution is 6.26. The maximum absolute atomic E-state index is 13.0. The number of carbonyl (C=O) groups excluding carboxylic acids is 2. The molecular formula is C25H21NO3. The fraction of sp³-hybridized carbons (Fsp3) is 0.200. The van der Waals surface area contributed by atoms with Crippen molar-refractivity contribution < 1.29 is 14.0 Å². The Kier molecular flexibility index (Phi) is 3.85. The van der Waals surface area contributed by atoms with E-state index in [-0.39, 0.29) is 11.8 Å². The number of hydrogen-bond donors (Lipinski definition) is 0. The molecule has 2 heterocycles. The predicted molar refractivity (Wildman–Crippen MR) is 114 cm³/mol. The minimum absolute atomic E-state index is 0.219. The van der Waals surface area contributed by atoms with Crippen molar-refractivity contribution in [3.8, 4) is 11.3 Å². The van der Waals surface area contributed by atoms with Crippen molar-refractivity contribution in [3.05, 3.63) is 70.8 Å². The molecule has 1 aliphatic heterocycles. The van der Waals surface area contributed by atoms with E-state index < -0.39 is 0 Å². The van der Waals surface area contributed by atoms with Crippen LogP contribution in [0.1, 0.15) is 45.2 Å². The molecule has 0 saturated carbocycles. The quantitative estimate of drug-likeness (QED) is 0.415. The van der Waals surface area contributed by atoms with Crippen molar-refractivity contribution >= 4 is 33.6 Å². The Morgan fingerprint density at radius 1 is 0.897 bits per heavy atom. The van der Waals surface area contributed by atoms with Crippen LogP contribution in [0.25, 0.3) is 33.1 Å². The molecule has 0 radical (unpaired) electrons. The number of rotatable bonds is 3. The summed E-state index contributed by atoms with van der Waals surface area (Å²) < 4.78 is 6.21. The van der Waals surface area contributed by atoms with Crippen molar-refractivity contribution in [1.29, 1.82) is 0 Å². The van der Waals surface area contributed by atoms with Crippen LogP contribution < -0.4 is 0 Å². The molecule has 0 unspecified atom stereocenters. The van der Waals surface area contributed by atoms with Crippen molar-refractivity contribution in [3.63, 3.8) is 0 Å². The third-order valence-electron chi connectivity index (χ3n) is 5.65. The fourth-order valence-corrected chi connectivity index (χ4v) is 4.43. The molecule has 0 bridgehead atoms. The molecule has 1 aromatic heterocycles. The Labute approximate surface area is 168 Å². The third-order valence-corrected chi connectivity index (χ3v) is 5.65. The number of nitrogens with zero attached hydrogens (tertiary/aromatic N) is 1. The van der Waals surface area contributed by atoms with Crippen molar-refractivity contribution in [2.45, 2.75) is 27.2 Å². The van der Waals surface area contributed by atoms with E-state index in [1.807, 2.05) is 44.2 Å². The topological polar surface area (TPSA) is 50.5 Å². The van der Waals surface area contributed by atoms with Crippen LogP contribution in [0.4, 0.5) is 0 Å². The molecule has 0 spiro atoms. The summed E-state index contributed by atoms with van der Waals surface area (Å²) in [6.07, 6.45) is 0.735. The number of aryl methyl sites for hydroxylation is 2. The van der Waals surface area contributed by atoms with Gasteiger partial charge in [0.15, 0.2) is 0 Å². The molecule has 5 rings (SSSR count). The largest absolute Gasteiger partial charge is 0.456 e. The van der Waals surface area contributed by atoms with Gasteiger partial charge in [-0.25, -0.2) is 0 Å². The number of imide groups is 1. The summed E-state index contributed by atoms with van der Waals surface area (Å²) in [7, 11) is 0. The lowest BCUT2D eigenvalue weighted by Crippen LogP contribution is -2.40. The van der Waals surface area contributed by atoms with E-state index in [0.29, 0.717) is 17.7 Å². The van der Waals surface area contributed by atoms with Crippen LogP contribution in [0.2, 0.25) is 0 Å². The second kappa shape index (κ2) is 6.31. The Morgan fingerprint density at radius 2 is 1.62 bits per heavy atom. The average molecular weight is 383 g/mol. The van der Waals surface area contributed by atoms with Gasteiger partial charge >= 0.3 is 0 Å². The molecule has 144 valence electrons. The number of amides is 2. The van der Waals surface area contributed by atoms with Gasteiger partial charge in [-0.05, 0) is 61.5 Å². The molecule has 0 aliphatic carbocycles. The van der Waals surface area contributed by atoms with E-state index in [9.17, 15) is 9.59 Å². The lowest BCUT2D eigenvalue weighted by atomic mass is 9.90. The minimum Gasteiger partial charge on any atom is -0.456 e. The highest BCUT2D eigenvalue weighted by Crippen LogP contribution is 2.39. The van der Waals surface area contributed by atoms with Gasteiger partial charge in [0.1, 0.15) is 11.3 Å². The van der Waals surface area contributed by atoms with Gasteiger partial charge in [0.2, 0.25) is 0 Å². The maximum atomic E-state index is 13.0. The van der Waals surface area contributed by atoms with Crippen LogP contribution in [0.15, 0.2) is 52.9 Å². The molecule has 0 saturated heterocycles. The first kappa shape index (κ1) is 17.7. The zero-order chi connectivity index (χ0) is 20.3. The van der Waals surface area contributed by atoms with E-state index in [1.54, 1.807) is 6.07 Å². The minimum atomic E-state index is -0.219. The van der Waals surface area contributed by atoms with Gasteiger partial charge < -0.3 is 4.42 Å². The summed E-state index contributed by atoms with van der Waals surface area (Å²) in [5.41, 5.74) is 5.20. The van der Waals surface area contributed by atoms with Crippen LogP contribution in [-0.2, 0) is 0 Å². The molecular weight excluding hydrogens is 362 g/mol. The summed E-state index contributed by atoms with van der Waals surface area (Å²) >= 11 is 0. The van der Waals surface area contributed by atoms with Gasteiger partial charge in [-0.2, -0.15) is 0 Å². The summed E-state index contributed by atoms with van der Waals surface area (Å²) in [5, 5.41) is 2.64. The summed E-state index contributed by atoms with van der Waals surface area (Å²) in [4.78, 5) is 27.3. The van der Waals surface area contributed by atoms with Crippen molar-refractivity contribution in [1.82, 2.24) is 4.90 Å². The van der Waals surface area contributed by atoms with E-state index in [0.717, 1.165) is 45.0 Å². The second-order valence-electron chi connectivity index (χ2n) is 7.76. The molecule has 4 aromatic rings. The van der Waals surface area contributed by atoms with Crippen LogP contribution in [0.3, 0.4) is 0 Å². The predicted octanol–water partition coefficient (Wildman–Crippen LogP) is 5.88. The molecule has 4 heteroatoms. The third kappa shape index (κ3) is 2.52. The molecule has 0 atom stereocenters. The van der Waals surface area contributed by atoms with Gasteiger partial charge in [0.05, 0.1) is 0 Å². The van der Waals surface area contributed by atoms with Gasteiger partial charge in [0.25, 0.3) is 11.8 Å². The Bertz CT molecular complexity index is 1310. The highest BCUT2D eigenvalue weighted by atomic mass is 16.3. The normalized spacial score (nSPS) is 13.7. The number of benzene rings is 3. The zero-order valence-corrected chi connectivity index (χ0v) is 16.7. The van der Waals surface area contributed by atoms with E-state index in [1.165, 1.54) is 10.5 Å². The molecule has 4 nitrogen and oxygen atoms in total. The first-order valence-corrected chi connectivity index (χ1v) is 9.92. The Balaban J connectivity index is 1.77. The van der Waals surface area contributed by atoms with Crippen LogP contribution >= 0.6 is 0 Å². The lowest BCUT2D eigenvalue weighted by Gasteiger charge is -2.27. The Hall–Kier alpha value is -3.40. The summed E-state index contributed by atoms with van der Waals surface area (Å²) in [5.74, 6) is 0.305. The zero-order valence-electron chi connectivity index (χ0n) is 16.7. The lowest BCUT2D eigenvalue weighted by molar-refractivity contribution is 0.0610. The monoisotopic (exact) mass is 383 g/mol. The fourth-order valence-electron chi connectivity index (χ4n) is 4.43. The maximum Gasteiger partial charge on any atom is 0.261 e. The molecule has 1 aliphatic rings. The summed E-state index contributed by atoms with van der Waals surface area (Å²) in [6.45, 7) is 6.50. The highest BCUT2D eigenvalue weighted by Gasteiger charge is 2.33. The van der Waals surface area contributed by atoms with Crippen LogP contribution in [0, 0.1) is 13.8 Å². The number of furan rings is 1. The SMILES string of the molecule is CCCN1C(=O)c2cccc3c(-c4cc5cc(C)cc(C)c5o4)ccc(c23)C1=O. The second-order valence-corrected chi connectivity index (χ2v) is 7.76. The Morgan fingerprint density at radius 3 is 2.38 bits per heavy atom. The number of fused-ring (bicyclic) bond motifs is 1. The molecule has 0 fully saturated rings. The summed E-state index contributed by atoms with van der Waals surface area (Å²) in [6, 6.07) is 15.6. The van der Waals surface area contributed by atoms with Gasteiger partial charge in [-0.15, -0.1) is 0 Å². The smallest absolute Gasteiger partial charge is 0.261 e. The van der Waals surface area contributed by atoms with E-state index in [2.05, 4.69) is 19.1 Å². The van der Waals surface area contributed by atoms with Crippen LogP contribution in [0.5, 0.6) is 0 Å². The van der Waals surface area contributed by atoms with Crippen molar-refractivity contribution in [2.75, 3.05) is 6.54 Å². The first-order valence-electron chi connectivity index (χ1n) is 9.92. The van der Waals surface area contributed by atoms with Gasteiger partial charge in [-0.3, -0.25) is 14.5 Å². The molecule has 2 amide bonds.